The molecule has 2 rings (SSSR count). The molecule has 0 heterocycles. The van der Waals surface area contributed by atoms with Gasteiger partial charge in [-0.2, -0.15) is 0 Å². The molecule has 2 fully saturated rings. The Bertz CT molecular complexity index is 256. The second-order valence-corrected chi connectivity index (χ2v) is 6.10. The van der Waals surface area contributed by atoms with E-state index in [-0.39, 0.29) is 0 Å². The average Bonchev–Trinajstić information content (AvgIpc) is 2.46. The van der Waals surface area contributed by atoms with Gasteiger partial charge >= 0.3 is 0 Å². The zero-order chi connectivity index (χ0) is 12.8. The highest BCUT2D eigenvalue weighted by Gasteiger charge is 2.27. The lowest BCUT2D eigenvalue weighted by Gasteiger charge is -2.31. The molecule has 2 aliphatic carbocycles. The van der Waals surface area contributed by atoms with Crippen molar-refractivity contribution in [2.24, 2.45) is 11.8 Å². The van der Waals surface area contributed by atoms with Gasteiger partial charge in [-0.05, 0) is 31.6 Å². The van der Waals surface area contributed by atoms with Crippen LogP contribution in [0.1, 0.15) is 71.1 Å². The second kappa shape index (κ2) is 7.28. The molecular weight excluding hydrogens is 224 g/mol. The number of rotatable bonds is 5. The van der Waals surface area contributed by atoms with E-state index in [1.165, 1.54) is 44.9 Å². The van der Waals surface area contributed by atoms with Gasteiger partial charge in [-0.3, -0.25) is 4.79 Å². The van der Waals surface area contributed by atoms with Crippen LogP contribution in [0.25, 0.3) is 0 Å². The molecule has 0 bridgehead atoms. The normalized spacial score (nSPS) is 30.3. The standard InChI is InChI=1S/C16H28O2/c1-2-13-8-6-7-11-16(13)18-12-15(17)14-9-4-3-5-10-14/h13-14,16H,2-12H2,1H3. The lowest BCUT2D eigenvalue weighted by atomic mass is 9.84. The lowest BCUT2D eigenvalue weighted by molar-refractivity contribution is -0.132. The van der Waals surface area contributed by atoms with Crippen molar-refractivity contribution < 1.29 is 9.53 Å². The molecule has 0 aliphatic heterocycles. The Morgan fingerprint density at radius 3 is 2.39 bits per heavy atom. The van der Waals surface area contributed by atoms with Crippen LogP contribution in [0.3, 0.4) is 0 Å². The zero-order valence-electron chi connectivity index (χ0n) is 11.8. The van der Waals surface area contributed by atoms with Gasteiger partial charge in [-0.1, -0.05) is 45.4 Å². The summed E-state index contributed by atoms with van der Waals surface area (Å²) >= 11 is 0. The van der Waals surface area contributed by atoms with Crippen molar-refractivity contribution in [2.45, 2.75) is 77.2 Å². The minimum Gasteiger partial charge on any atom is -0.370 e. The highest BCUT2D eigenvalue weighted by Crippen LogP contribution is 2.30. The molecule has 0 spiro atoms. The van der Waals surface area contributed by atoms with Crippen LogP contribution in [-0.4, -0.2) is 18.5 Å². The molecule has 18 heavy (non-hydrogen) atoms. The van der Waals surface area contributed by atoms with Crippen molar-refractivity contribution in [1.82, 2.24) is 0 Å². The Labute approximate surface area is 111 Å². The predicted octanol–water partition coefficient (Wildman–Crippen LogP) is 4.12. The first-order chi connectivity index (χ1) is 8.81. The fourth-order valence-corrected chi connectivity index (χ4v) is 3.59. The van der Waals surface area contributed by atoms with Crippen molar-refractivity contribution in [3.05, 3.63) is 0 Å². The van der Waals surface area contributed by atoms with E-state index in [1.54, 1.807) is 0 Å². The highest BCUT2D eigenvalue weighted by atomic mass is 16.5. The third kappa shape index (κ3) is 3.81. The van der Waals surface area contributed by atoms with Gasteiger partial charge < -0.3 is 4.74 Å². The van der Waals surface area contributed by atoms with Gasteiger partial charge in [0.25, 0.3) is 0 Å². The molecular formula is C16H28O2. The van der Waals surface area contributed by atoms with Gasteiger partial charge in [-0.25, -0.2) is 0 Å². The topological polar surface area (TPSA) is 26.3 Å². The molecule has 0 saturated heterocycles. The molecule has 2 heteroatoms. The van der Waals surface area contributed by atoms with E-state index >= 15 is 0 Å². The first kappa shape index (κ1) is 14.0. The molecule has 2 atom stereocenters. The Morgan fingerprint density at radius 1 is 1.00 bits per heavy atom. The van der Waals surface area contributed by atoms with Gasteiger partial charge in [0.05, 0.1) is 6.10 Å². The molecule has 0 aromatic heterocycles. The van der Waals surface area contributed by atoms with Crippen LogP contribution in [-0.2, 0) is 9.53 Å². The van der Waals surface area contributed by atoms with E-state index in [1.807, 2.05) is 0 Å². The van der Waals surface area contributed by atoms with E-state index in [0.717, 1.165) is 19.3 Å². The fourth-order valence-electron chi connectivity index (χ4n) is 3.59. The average molecular weight is 252 g/mol. The minimum atomic E-state index is 0.308. The maximum atomic E-state index is 12.1. The molecule has 104 valence electrons. The van der Waals surface area contributed by atoms with E-state index in [2.05, 4.69) is 6.92 Å². The quantitative estimate of drug-likeness (QED) is 0.735. The van der Waals surface area contributed by atoms with Crippen LogP contribution in [0.2, 0.25) is 0 Å². The summed E-state index contributed by atoms with van der Waals surface area (Å²) in [4.78, 5) is 12.1. The van der Waals surface area contributed by atoms with E-state index in [4.69, 9.17) is 4.74 Å². The van der Waals surface area contributed by atoms with Crippen LogP contribution in [0.5, 0.6) is 0 Å². The van der Waals surface area contributed by atoms with Crippen LogP contribution >= 0.6 is 0 Å². The van der Waals surface area contributed by atoms with Crippen LogP contribution in [0.4, 0.5) is 0 Å². The molecule has 0 aromatic carbocycles. The summed E-state index contributed by atoms with van der Waals surface area (Å²) in [5, 5.41) is 0. The molecule has 2 saturated carbocycles. The number of hydrogen-bond acceptors (Lipinski definition) is 2. The molecule has 0 N–H and O–H groups in total. The summed E-state index contributed by atoms with van der Waals surface area (Å²) in [6.45, 7) is 2.63. The van der Waals surface area contributed by atoms with Crippen molar-refractivity contribution >= 4 is 5.78 Å². The predicted molar refractivity (Wildman–Crippen MR) is 73.6 cm³/mol. The van der Waals surface area contributed by atoms with Crippen LogP contribution in [0.15, 0.2) is 0 Å². The summed E-state index contributed by atoms with van der Waals surface area (Å²) in [5.74, 6) is 1.37. The van der Waals surface area contributed by atoms with Crippen LogP contribution in [0, 0.1) is 11.8 Å². The second-order valence-electron chi connectivity index (χ2n) is 6.10. The number of carbonyl (C=O) groups is 1. The lowest BCUT2D eigenvalue weighted by Crippen LogP contribution is -2.31. The van der Waals surface area contributed by atoms with Gasteiger partial charge in [-0.15, -0.1) is 0 Å². The van der Waals surface area contributed by atoms with Crippen LogP contribution < -0.4 is 0 Å². The van der Waals surface area contributed by atoms with Crippen molar-refractivity contribution in [1.29, 1.82) is 0 Å². The minimum absolute atomic E-state index is 0.308. The van der Waals surface area contributed by atoms with Crippen molar-refractivity contribution in [3.8, 4) is 0 Å². The molecule has 2 aliphatic rings. The number of carbonyl (C=O) groups excluding carboxylic acids is 1. The molecule has 0 radical (unpaired) electrons. The molecule has 0 aromatic rings. The van der Waals surface area contributed by atoms with Gasteiger partial charge in [0, 0.05) is 5.92 Å². The summed E-state index contributed by atoms with van der Waals surface area (Å²) in [6, 6.07) is 0. The third-order valence-electron chi connectivity index (χ3n) is 4.86. The Balaban J connectivity index is 1.73. The largest absolute Gasteiger partial charge is 0.370 e. The van der Waals surface area contributed by atoms with Crippen molar-refractivity contribution in [3.63, 3.8) is 0 Å². The van der Waals surface area contributed by atoms with Crippen molar-refractivity contribution in [2.75, 3.05) is 6.61 Å². The highest BCUT2D eigenvalue weighted by molar-refractivity contribution is 5.82. The first-order valence-electron chi connectivity index (χ1n) is 7.95. The summed E-state index contributed by atoms with van der Waals surface area (Å²) in [6.07, 6.45) is 12.6. The Hall–Kier alpha value is -0.370. The van der Waals surface area contributed by atoms with Gasteiger partial charge in [0.2, 0.25) is 0 Å². The first-order valence-corrected chi connectivity index (χ1v) is 7.95. The molecule has 2 unspecified atom stereocenters. The summed E-state index contributed by atoms with van der Waals surface area (Å²) in [5.41, 5.74) is 0. The molecule has 0 amide bonds. The van der Waals surface area contributed by atoms with E-state index in [9.17, 15) is 4.79 Å². The smallest absolute Gasteiger partial charge is 0.161 e. The summed E-state index contributed by atoms with van der Waals surface area (Å²) < 4.78 is 5.95. The Morgan fingerprint density at radius 2 is 1.67 bits per heavy atom. The SMILES string of the molecule is CCC1CCCCC1OCC(=O)C1CCCCC1. The molecule has 2 nitrogen and oxygen atoms in total. The van der Waals surface area contributed by atoms with E-state index < -0.39 is 0 Å². The van der Waals surface area contributed by atoms with Gasteiger partial charge in [0.1, 0.15) is 6.61 Å². The van der Waals surface area contributed by atoms with E-state index in [0.29, 0.717) is 30.3 Å². The zero-order valence-corrected chi connectivity index (χ0v) is 11.8. The summed E-state index contributed by atoms with van der Waals surface area (Å²) in [7, 11) is 0. The monoisotopic (exact) mass is 252 g/mol. The maximum Gasteiger partial charge on any atom is 0.161 e. The number of ketones is 1. The number of ether oxygens (including phenoxy) is 1. The Kier molecular flexibility index (Phi) is 5.68. The van der Waals surface area contributed by atoms with Gasteiger partial charge in [0.15, 0.2) is 5.78 Å². The fraction of sp³-hybridized carbons (Fsp3) is 0.938. The third-order valence-corrected chi connectivity index (χ3v) is 4.86. The number of hydrogen-bond donors (Lipinski definition) is 0. The maximum absolute atomic E-state index is 12.1. The number of Topliss-reactive ketones (excluding diaryl/α,β-unsaturated/α-hetero) is 1.